The van der Waals surface area contributed by atoms with Crippen molar-refractivity contribution in [3.05, 3.63) is 34.9 Å². The van der Waals surface area contributed by atoms with Crippen molar-refractivity contribution in [2.75, 3.05) is 6.61 Å². The number of nitrogens with zero attached hydrogens (tertiary/aromatic N) is 1. The first kappa shape index (κ1) is 10.3. The molecule has 0 saturated carbocycles. The fourth-order valence-electron chi connectivity index (χ4n) is 1.13. The van der Waals surface area contributed by atoms with E-state index in [1.54, 1.807) is 6.07 Å². The number of aliphatic hydroxyl groups excluding tert-OH is 1. The Morgan fingerprint density at radius 3 is 2.86 bits per heavy atom. The predicted octanol–water partition coefficient (Wildman–Crippen LogP) is 1.60. The third kappa shape index (κ3) is 2.36. The third-order valence-electron chi connectivity index (χ3n) is 1.84. The summed E-state index contributed by atoms with van der Waals surface area (Å²) >= 11 is 0. The van der Waals surface area contributed by atoms with Crippen molar-refractivity contribution in [3.8, 4) is 17.9 Å². The van der Waals surface area contributed by atoms with E-state index < -0.39 is 0 Å². The fraction of sp³-hybridized carbons (Fsp3) is 0.250. The van der Waals surface area contributed by atoms with Crippen LogP contribution in [-0.4, -0.2) is 11.7 Å². The highest BCUT2D eigenvalue weighted by atomic mass is 16.2. The molecule has 0 aliphatic rings. The molecule has 0 heterocycles. The minimum atomic E-state index is 0.0563. The molecule has 1 rings (SSSR count). The van der Waals surface area contributed by atoms with Crippen LogP contribution in [0, 0.1) is 30.1 Å². The molecule has 1 aromatic rings. The molecule has 1 aromatic carbocycles. The van der Waals surface area contributed by atoms with Gasteiger partial charge in [-0.25, -0.2) is 0 Å². The molecule has 0 saturated heterocycles. The summed E-state index contributed by atoms with van der Waals surface area (Å²) in [5, 5.41) is 17.4. The molecule has 0 unspecified atom stereocenters. The van der Waals surface area contributed by atoms with Crippen molar-refractivity contribution >= 4 is 0 Å². The summed E-state index contributed by atoms with van der Waals surface area (Å²) in [6.07, 6.45) is 0.444. The topological polar surface area (TPSA) is 44.0 Å². The lowest BCUT2D eigenvalue weighted by Gasteiger charge is -1.98. The molecule has 0 aliphatic heterocycles. The second-order valence-electron chi connectivity index (χ2n) is 2.88. The van der Waals surface area contributed by atoms with Gasteiger partial charge in [-0.05, 0) is 18.6 Å². The van der Waals surface area contributed by atoms with E-state index in [0.29, 0.717) is 12.0 Å². The number of benzene rings is 1. The van der Waals surface area contributed by atoms with Crippen molar-refractivity contribution in [3.63, 3.8) is 0 Å². The SMILES string of the molecule is Cc1cccc(C#N)c1C#CCCO. The van der Waals surface area contributed by atoms with Gasteiger partial charge in [0.15, 0.2) is 0 Å². The summed E-state index contributed by atoms with van der Waals surface area (Å²) in [4.78, 5) is 0. The molecule has 14 heavy (non-hydrogen) atoms. The highest BCUT2D eigenvalue weighted by molar-refractivity contribution is 5.52. The number of aryl methyl sites for hydroxylation is 1. The molecule has 0 amide bonds. The average molecular weight is 185 g/mol. The molecule has 0 fully saturated rings. The van der Waals surface area contributed by atoms with Crippen LogP contribution in [0.4, 0.5) is 0 Å². The van der Waals surface area contributed by atoms with E-state index in [-0.39, 0.29) is 6.61 Å². The zero-order valence-corrected chi connectivity index (χ0v) is 8.04. The van der Waals surface area contributed by atoms with Gasteiger partial charge in [-0.2, -0.15) is 5.26 Å². The van der Waals surface area contributed by atoms with Gasteiger partial charge in [-0.3, -0.25) is 0 Å². The number of hydrogen-bond donors (Lipinski definition) is 1. The Labute approximate surface area is 83.8 Å². The van der Waals surface area contributed by atoms with Gasteiger partial charge < -0.3 is 5.11 Å². The lowest BCUT2D eigenvalue weighted by Crippen LogP contribution is -1.88. The van der Waals surface area contributed by atoms with Gasteiger partial charge in [-0.15, -0.1) is 0 Å². The average Bonchev–Trinajstić information content (AvgIpc) is 2.20. The minimum absolute atomic E-state index is 0.0563. The molecule has 0 spiro atoms. The largest absolute Gasteiger partial charge is 0.395 e. The maximum absolute atomic E-state index is 8.83. The standard InChI is InChI=1S/C12H11NO/c1-10-5-4-6-11(9-13)12(10)7-2-3-8-14/h4-6,14H,3,8H2,1H3. The van der Waals surface area contributed by atoms with E-state index in [1.165, 1.54) is 0 Å². The lowest BCUT2D eigenvalue weighted by atomic mass is 10.0. The molecule has 0 aliphatic carbocycles. The van der Waals surface area contributed by atoms with Crippen molar-refractivity contribution in [2.24, 2.45) is 0 Å². The van der Waals surface area contributed by atoms with E-state index in [9.17, 15) is 0 Å². The van der Waals surface area contributed by atoms with Gasteiger partial charge in [-0.1, -0.05) is 24.0 Å². The Morgan fingerprint density at radius 2 is 2.21 bits per heavy atom. The van der Waals surface area contributed by atoms with Crippen LogP contribution in [-0.2, 0) is 0 Å². The summed E-state index contributed by atoms with van der Waals surface area (Å²) in [5.41, 5.74) is 2.35. The summed E-state index contributed by atoms with van der Waals surface area (Å²) < 4.78 is 0. The highest BCUT2D eigenvalue weighted by Gasteiger charge is 2.00. The first-order valence-corrected chi connectivity index (χ1v) is 4.39. The maximum atomic E-state index is 8.83. The van der Waals surface area contributed by atoms with Crippen LogP contribution >= 0.6 is 0 Å². The molecule has 0 radical (unpaired) electrons. The molecular formula is C12H11NO. The van der Waals surface area contributed by atoms with Crippen LogP contribution in [0.2, 0.25) is 0 Å². The van der Waals surface area contributed by atoms with Gasteiger partial charge >= 0.3 is 0 Å². The normalized spacial score (nSPS) is 8.64. The quantitative estimate of drug-likeness (QED) is 0.675. The maximum Gasteiger partial charge on any atom is 0.100 e. The van der Waals surface area contributed by atoms with Crippen molar-refractivity contribution in [2.45, 2.75) is 13.3 Å². The van der Waals surface area contributed by atoms with E-state index in [0.717, 1.165) is 11.1 Å². The lowest BCUT2D eigenvalue weighted by molar-refractivity contribution is 0.305. The first-order chi connectivity index (χ1) is 6.79. The Kier molecular flexibility index (Phi) is 3.73. The molecular weight excluding hydrogens is 174 g/mol. The number of hydrogen-bond acceptors (Lipinski definition) is 2. The number of nitriles is 1. The molecule has 2 heteroatoms. The van der Waals surface area contributed by atoms with Crippen LogP contribution in [0.3, 0.4) is 0 Å². The van der Waals surface area contributed by atoms with Crippen LogP contribution in [0.5, 0.6) is 0 Å². The molecule has 0 aromatic heterocycles. The van der Waals surface area contributed by atoms with Gasteiger partial charge in [0.25, 0.3) is 0 Å². The summed E-state index contributed by atoms with van der Waals surface area (Å²) in [5.74, 6) is 5.72. The van der Waals surface area contributed by atoms with Crippen molar-refractivity contribution < 1.29 is 5.11 Å². The summed E-state index contributed by atoms with van der Waals surface area (Å²) in [7, 11) is 0. The number of aliphatic hydroxyl groups is 1. The predicted molar refractivity (Wildman–Crippen MR) is 54.5 cm³/mol. The van der Waals surface area contributed by atoms with E-state index in [4.69, 9.17) is 10.4 Å². The monoisotopic (exact) mass is 185 g/mol. The molecule has 1 N–H and O–H groups in total. The van der Waals surface area contributed by atoms with E-state index in [2.05, 4.69) is 17.9 Å². The van der Waals surface area contributed by atoms with Gasteiger partial charge in [0.2, 0.25) is 0 Å². The van der Waals surface area contributed by atoms with Crippen LogP contribution < -0.4 is 0 Å². The second-order valence-corrected chi connectivity index (χ2v) is 2.88. The Hall–Kier alpha value is -1.77. The molecule has 2 nitrogen and oxygen atoms in total. The second kappa shape index (κ2) is 5.07. The van der Waals surface area contributed by atoms with E-state index >= 15 is 0 Å². The highest BCUT2D eigenvalue weighted by Crippen LogP contribution is 2.11. The minimum Gasteiger partial charge on any atom is -0.395 e. The Bertz CT molecular complexity index is 418. The third-order valence-corrected chi connectivity index (χ3v) is 1.84. The zero-order chi connectivity index (χ0) is 10.4. The summed E-state index contributed by atoms with van der Waals surface area (Å²) in [6.45, 7) is 1.98. The van der Waals surface area contributed by atoms with Gasteiger partial charge in [0, 0.05) is 12.0 Å². The fourth-order valence-corrected chi connectivity index (χ4v) is 1.13. The number of rotatable bonds is 1. The van der Waals surface area contributed by atoms with Gasteiger partial charge in [0.05, 0.1) is 12.2 Å². The molecule has 0 atom stereocenters. The van der Waals surface area contributed by atoms with Crippen molar-refractivity contribution in [1.82, 2.24) is 0 Å². The van der Waals surface area contributed by atoms with Gasteiger partial charge in [0.1, 0.15) is 6.07 Å². The molecule has 70 valence electrons. The van der Waals surface area contributed by atoms with Crippen LogP contribution in [0.15, 0.2) is 18.2 Å². The summed E-state index contributed by atoms with van der Waals surface area (Å²) in [6, 6.07) is 7.60. The smallest absolute Gasteiger partial charge is 0.100 e. The Morgan fingerprint density at radius 1 is 1.43 bits per heavy atom. The van der Waals surface area contributed by atoms with Crippen molar-refractivity contribution in [1.29, 1.82) is 5.26 Å². The Balaban J connectivity index is 3.08. The van der Waals surface area contributed by atoms with Crippen LogP contribution in [0.25, 0.3) is 0 Å². The van der Waals surface area contributed by atoms with Crippen LogP contribution in [0.1, 0.15) is 23.1 Å². The first-order valence-electron chi connectivity index (χ1n) is 4.39. The molecule has 0 bridgehead atoms. The van der Waals surface area contributed by atoms with E-state index in [1.807, 2.05) is 19.1 Å². The zero-order valence-electron chi connectivity index (χ0n) is 8.04.